The molecule has 1 saturated carbocycles. The van der Waals surface area contributed by atoms with Gasteiger partial charge in [-0.15, -0.1) is 0 Å². The van der Waals surface area contributed by atoms with Gasteiger partial charge < -0.3 is 14.4 Å². The van der Waals surface area contributed by atoms with Crippen molar-refractivity contribution in [3.8, 4) is 0 Å². The van der Waals surface area contributed by atoms with Crippen molar-refractivity contribution in [3.63, 3.8) is 0 Å². The van der Waals surface area contributed by atoms with E-state index < -0.39 is 0 Å². The lowest BCUT2D eigenvalue weighted by Gasteiger charge is -2.32. The van der Waals surface area contributed by atoms with Gasteiger partial charge in [-0.3, -0.25) is 0 Å². The Morgan fingerprint density at radius 1 is 1.25 bits per heavy atom. The molecule has 108 valence electrons. The van der Waals surface area contributed by atoms with Crippen LogP contribution in [0.2, 0.25) is 0 Å². The normalized spacial score (nSPS) is 22.1. The van der Waals surface area contributed by atoms with Crippen molar-refractivity contribution in [2.45, 2.75) is 38.3 Å². The third-order valence-electron chi connectivity index (χ3n) is 3.97. The molecule has 0 aliphatic heterocycles. The molecule has 0 N–H and O–H groups in total. The summed E-state index contributed by atoms with van der Waals surface area (Å²) < 4.78 is 5.31. The standard InChI is InChI=1S/C16H21NO3/c1-17(15-9-7-13(11-18)8-10-15)16(19)20-12-14-5-3-2-4-6-14/h2-6,11,13,15H,7-10,12H2,1H3. The Morgan fingerprint density at radius 3 is 2.50 bits per heavy atom. The first kappa shape index (κ1) is 14.6. The summed E-state index contributed by atoms with van der Waals surface area (Å²) in [5, 5.41) is 0. The van der Waals surface area contributed by atoms with E-state index in [1.807, 2.05) is 30.3 Å². The summed E-state index contributed by atoms with van der Waals surface area (Å²) in [5.41, 5.74) is 0.985. The van der Waals surface area contributed by atoms with Crippen LogP contribution in [0.15, 0.2) is 30.3 Å². The molecular formula is C16H21NO3. The smallest absolute Gasteiger partial charge is 0.410 e. The molecule has 0 bridgehead atoms. The Labute approximate surface area is 119 Å². The zero-order chi connectivity index (χ0) is 14.4. The highest BCUT2D eigenvalue weighted by Crippen LogP contribution is 2.26. The molecule has 20 heavy (non-hydrogen) atoms. The third kappa shape index (κ3) is 3.83. The van der Waals surface area contributed by atoms with Crippen LogP contribution in [0.3, 0.4) is 0 Å². The Bertz CT molecular complexity index is 438. The highest BCUT2D eigenvalue weighted by Gasteiger charge is 2.26. The van der Waals surface area contributed by atoms with E-state index in [0.717, 1.165) is 37.5 Å². The minimum absolute atomic E-state index is 0.167. The summed E-state index contributed by atoms with van der Waals surface area (Å²) in [5.74, 6) is 0.167. The van der Waals surface area contributed by atoms with Crippen LogP contribution in [-0.4, -0.2) is 30.4 Å². The molecule has 0 heterocycles. The number of carbonyl (C=O) groups excluding carboxylic acids is 2. The number of ether oxygens (including phenoxy) is 1. The maximum Gasteiger partial charge on any atom is 0.410 e. The average Bonchev–Trinajstić information content (AvgIpc) is 2.53. The predicted molar refractivity (Wildman–Crippen MR) is 76.2 cm³/mol. The van der Waals surface area contributed by atoms with Gasteiger partial charge in [0, 0.05) is 19.0 Å². The van der Waals surface area contributed by atoms with Gasteiger partial charge in [0.1, 0.15) is 12.9 Å². The van der Waals surface area contributed by atoms with Gasteiger partial charge in [-0.05, 0) is 31.2 Å². The lowest BCUT2D eigenvalue weighted by Crippen LogP contribution is -2.39. The SMILES string of the molecule is CN(C(=O)OCc1ccccc1)C1CCC(C=O)CC1. The van der Waals surface area contributed by atoms with Gasteiger partial charge in [0.05, 0.1) is 0 Å². The molecule has 1 aliphatic carbocycles. The van der Waals surface area contributed by atoms with Crippen LogP contribution in [0.1, 0.15) is 31.2 Å². The second kappa shape index (κ2) is 7.08. The van der Waals surface area contributed by atoms with E-state index in [0.29, 0.717) is 6.61 Å². The highest BCUT2D eigenvalue weighted by molar-refractivity contribution is 5.67. The van der Waals surface area contributed by atoms with E-state index in [-0.39, 0.29) is 18.1 Å². The van der Waals surface area contributed by atoms with Crippen LogP contribution in [0, 0.1) is 5.92 Å². The van der Waals surface area contributed by atoms with Gasteiger partial charge in [-0.25, -0.2) is 4.79 Å². The first-order chi connectivity index (χ1) is 9.70. The number of nitrogens with zero attached hydrogens (tertiary/aromatic N) is 1. The fourth-order valence-corrected chi connectivity index (χ4v) is 2.60. The molecule has 0 radical (unpaired) electrons. The second-order valence-corrected chi connectivity index (χ2v) is 5.36. The summed E-state index contributed by atoms with van der Waals surface area (Å²) in [6.45, 7) is 0.299. The Hall–Kier alpha value is -1.84. The van der Waals surface area contributed by atoms with Gasteiger partial charge in [-0.1, -0.05) is 30.3 Å². The minimum Gasteiger partial charge on any atom is -0.445 e. The lowest BCUT2D eigenvalue weighted by atomic mass is 9.86. The Kier molecular flexibility index (Phi) is 5.16. The third-order valence-corrected chi connectivity index (χ3v) is 3.97. The molecule has 2 rings (SSSR count). The van der Waals surface area contributed by atoms with Crippen molar-refractivity contribution in [2.24, 2.45) is 5.92 Å². The van der Waals surface area contributed by atoms with Gasteiger partial charge in [0.2, 0.25) is 0 Å². The molecule has 1 amide bonds. The van der Waals surface area contributed by atoms with Gasteiger partial charge in [0.25, 0.3) is 0 Å². The molecule has 0 atom stereocenters. The topological polar surface area (TPSA) is 46.6 Å². The first-order valence-electron chi connectivity index (χ1n) is 7.09. The van der Waals surface area contributed by atoms with Crippen molar-refractivity contribution in [1.29, 1.82) is 0 Å². The largest absolute Gasteiger partial charge is 0.445 e. The van der Waals surface area contributed by atoms with E-state index in [9.17, 15) is 9.59 Å². The van der Waals surface area contributed by atoms with Crippen molar-refractivity contribution in [2.75, 3.05) is 7.05 Å². The van der Waals surface area contributed by atoms with Crippen LogP contribution in [0.5, 0.6) is 0 Å². The highest BCUT2D eigenvalue weighted by atomic mass is 16.6. The second-order valence-electron chi connectivity index (χ2n) is 5.36. The summed E-state index contributed by atoms with van der Waals surface area (Å²) in [6.07, 6.45) is 4.22. The number of carbonyl (C=O) groups is 2. The van der Waals surface area contributed by atoms with Gasteiger partial charge in [-0.2, -0.15) is 0 Å². The molecule has 1 aliphatic rings. The summed E-state index contributed by atoms with van der Waals surface area (Å²) >= 11 is 0. The summed E-state index contributed by atoms with van der Waals surface area (Å²) in [4.78, 5) is 24.4. The van der Waals surface area contributed by atoms with E-state index in [4.69, 9.17) is 4.74 Å². The van der Waals surface area contributed by atoms with Crippen LogP contribution in [0.4, 0.5) is 4.79 Å². The lowest BCUT2D eigenvalue weighted by molar-refractivity contribution is -0.112. The molecule has 4 heteroatoms. The fraction of sp³-hybridized carbons (Fsp3) is 0.500. The van der Waals surface area contributed by atoms with Gasteiger partial charge >= 0.3 is 6.09 Å². The molecule has 0 spiro atoms. The van der Waals surface area contributed by atoms with Crippen LogP contribution in [0.25, 0.3) is 0 Å². The molecule has 1 aromatic rings. The molecule has 1 aromatic carbocycles. The molecule has 0 unspecified atom stereocenters. The maximum absolute atomic E-state index is 12.0. The number of hydrogen-bond donors (Lipinski definition) is 0. The summed E-state index contributed by atoms with van der Waals surface area (Å²) in [7, 11) is 1.78. The average molecular weight is 275 g/mol. The van der Waals surface area contributed by atoms with Gasteiger partial charge in [0.15, 0.2) is 0 Å². The molecular weight excluding hydrogens is 254 g/mol. The quantitative estimate of drug-likeness (QED) is 0.793. The molecule has 1 fully saturated rings. The maximum atomic E-state index is 12.0. The fourth-order valence-electron chi connectivity index (χ4n) is 2.60. The van der Waals surface area contributed by atoms with E-state index in [1.165, 1.54) is 0 Å². The number of aldehydes is 1. The first-order valence-corrected chi connectivity index (χ1v) is 7.09. The Morgan fingerprint density at radius 2 is 1.90 bits per heavy atom. The number of hydrogen-bond acceptors (Lipinski definition) is 3. The Balaban J connectivity index is 1.79. The number of benzene rings is 1. The van der Waals surface area contributed by atoms with E-state index >= 15 is 0 Å². The van der Waals surface area contributed by atoms with Crippen LogP contribution in [-0.2, 0) is 16.1 Å². The summed E-state index contributed by atoms with van der Waals surface area (Å²) in [6, 6.07) is 9.84. The van der Waals surface area contributed by atoms with Crippen molar-refractivity contribution >= 4 is 12.4 Å². The van der Waals surface area contributed by atoms with Crippen LogP contribution < -0.4 is 0 Å². The van der Waals surface area contributed by atoms with Crippen molar-refractivity contribution in [3.05, 3.63) is 35.9 Å². The monoisotopic (exact) mass is 275 g/mol. The zero-order valence-corrected chi connectivity index (χ0v) is 11.8. The van der Waals surface area contributed by atoms with E-state index in [2.05, 4.69) is 0 Å². The van der Waals surface area contributed by atoms with Crippen molar-refractivity contribution in [1.82, 2.24) is 4.90 Å². The molecule has 0 saturated heterocycles. The molecule has 4 nitrogen and oxygen atoms in total. The molecule has 0 aromatic heterocycles. The minimum atomic E-state index is -0.289. The number of rotatable bonds is 4. The predicted octanol–water partition coefficient (Wildman–Crippen LogP) is 3.01. The van der Waals surface area contributed by atoms with E-state index in [1.54, 1.807) is 11.9 Å². The zero-order valence-electron chi connectivity index (χ0n) is 11.8. The van der Waals surface area contributed by atoms with Crippen LogP contribution >= 0.6 is 0 Å². The van der Waals surface area contributed by atoms with Crippen molar-refractivity contribution < 1.29 is 14.3 Å². The number of amides is 1.